The Bertz CT molecular complexity index is 1240. The minimum Gasteiger partial charge on any atom is -0.493 e. The first kappa shape index (κ1) is 21.6. The molecule has 0 aliphatic rings. The first-order chi connectivity index (χ1) is 16.1. The van der Waals surface area contributed by atoms with E-state index >= 15 is 0 Å². The molecule has 0 saturated heterocycles. The Morgan fingerprint density at radius 2 is 1.55 bits per heavy atom. The fourth-order valence-electron chi connectivity index (χ4n) is 3.02. The maximum absolute atomic E-state index is 12.6. The van der Waals surface area contributed by atoms with E-state index in [4.69, 9.17) is 14.2 Å². The van der Waals surface area contributed by atoms with Gasteiger partial charge in [0.05, 0.1) is 24.7 Å². The van der Waals surface area contributed by atoms with Crippen LogP contribution in [0, 0.1) is 0 Å². The quantitative estimate of drug-likeness (QED) is 0.404. The second kappa shape index (κ2) is 10.1. The Labute approximate surface area is 190 Å². The molecule has 4 rings (SSSR count). The highest BCUT2D eigenvalue weighted by Crippen LogP contribution is 2.29. The molecule has 0 aliphatic carbocycles. The van der Waals surface area contributed by atoms with Gasteiger partial charge in [-0.05, 0) is 36.4 Å². The van der Waals surface area contributed by atoms with Crippen molar-refractivity contribution in [2.75, 3.05) is 19.0 Å². The van der Waals surface area contributed by atoms with Gasteiger partial charge in [0, 0.05) is 0 Å². The first-order valence-electron chi connectivity index (χ1n) is 10.1. The van der Waals surface area contributed by atoms with Gasteiger partial charge in [0.2, 0.25) is 5.69 Å². The van der Waals surface area contributed by atoms with Gasteiger partial charge < -0.3 is 19.5 Å². The summed E-state index contributed by atoms with van der Waals surface area (Å²) in [5.74, 6) is 0.0451. The van der Waals surface area contributed by atoms with Crippen LogP contribution < -0.4 is 14.8 Å². The number of nitrogens with zero attached hydrogens (tertiary/aromatic N) is 2. The number of benzene rings is 3. The van der Waals surface area contributed by atoms with Crippen LogP contribution in [0.4, 0.5) is 5.69 Å². The maximum Gasteiger partial charge on any atom is 0.363 e. The van der Waals surface area contributed by atoms with Crippen LogP contribution in [0.25, 0.3) is 5.69 Å². The summed E-state index contributed by atoms with van der Waals surface area (Å²) >= 11 is 0. The average molecular weight is 443 g/mol. The minimum absolute atomic E-state index is 0.0260. The molecule has 8 nitrogen and oxygen atoms in total. The molecule has 0 spiro atoms. The number of anilines is 1. The molecule has 33 heavy (non-hydrogen) atoms. The van der Waals surface area contributed by atoms with Crippen molar-refractivity contribution in [1.82, 2.24) is 9.78 Å². The van der Waals surface area contributed by atoms with Gasteiger partial charge in [0.15, 0.2) is 18.1 Å². The largest absolute Gasteiger partial charge is 0.493 e. The van der Waals surface area contributed by atoms with E-state index in [2.05, 4.69) is 10.4 Å². The maximum atomic E-state index is 12.6. The Balaban J connectivity index is 1.40. The van der Waals surface area contributed by atoms with Crippen LogP contribution in [-0.2, 0) is 9.53 Å². The molecule has 0 saturated carbocycles. The van der Waals surface area contributed by atoms with Crippen LogP contribution in [0.3, 0.4) is 0 Å². The van der Waals surface area contributed by atoms with Crippen molar-refractivity contribution in [1.29, 1.82) is 0 Å². The summed E-state index contributed by atoms with van der Waals surface area (Å²) in [6.45, 7) is -0.500. The SMILES string of the molecule is COc1cn(-c2ccccc2)nc1C(=O)OCC(=O)Nc1ccccc1Oc1ccccc1. The predicted molar refractivity (Wildman–Crippen MR) is 122 cm³/mol. The number of nitrogens with one attached hydrogen (secondary N) is 1. The molecule has 1 heterocycles. The summed E-state index contributed by atoms with van der Waals surface area (Å²) < 4.78 is 17.7. The second-order valence-corrected chi connectivity index (χ2v) is 6.86. The highest BCUT2D eigenvalue weighted by atomic mass is 16.5. The lowest BCUT2D eigenvalue weighted by Gasteiger charge is -2.12. The third kappa shape index (κ3) is 5.37. The van der Waals surface area contributed by atoms with Crippen molar-refractivity contribution in [2.45, 2.75) is 0 Å². The number of carbonyl (C=O) groups is 2. The fraction of sp³-hybridized carbons (Fsp3) is 0.0800. The lowest BCUT2D eigenvalue weighted by atomic mass is 10.3. The average Bonchev–Trinajstić information content (AvgIpc) is 3.30. The number of rotatable bonds is 8. The number of hydrogen-bond donors (Lipinski definition) is 1. The molecule has 0 bridgehead atoms. The highest BCUT2D eigenvalue weighted by Gasteiger charge is 2.21. The van der Waals surface area contributed by atoms with Crippen LogP contribution in [-0.4, -0.2) is 35.4 Å². The van der Waals surface area contributed by atoms with Gasteiger partial charge in [0.1, 0.15) is 5.75 Å². The Kier molecular flexibility index (Phi) is 6.65. The van der Waals surface area contributed by atoms with Gasteiger partial charge in [-0.15, -0.1) is 0 Å². The molecule has 1 N–H and O–H groups in total. The van der Waals surface area contributed by atoms with Crippen LogP contribution in [0.5, 0.6) is 17.2 Å². The molecule has 1 amide bonds. The van der Waals surface area contributed by atoms with E-state index < -0.39 is 18.5 Å². The van der Waals surface area contributed by atoms with E-state index in [0.29, 0.717) is 17.2 Å². The van der Waals surface area contributed by atoms with Crippen molar-refractivity contribution in [2.24, 2.45) is 0 Å². The van der Waals surface area contributed by atoms with Crippen molar-refractivity contribution in [3.8, 4) is 22.9 Å². The van der Waals surface area contributed by atoms with Crippen LogP contribution in [0.2, 0.25) is 0 Å². The summed E-state index contributed by atoms with van der Waals surface area (Å²) in [5.41, 5.74) is 1.18. The summed E-state index contributed by atoms with van der Waals surface area (Å²) in [6, 6.07) is 25.4. The molecule has 166 valence electrons. The molecule has 1 aromatic heterocycles. The third-order valence-electron chi connectivity index (χ3n) is 4.58. The van der Waals surface area contributed by atoms with Crippen LogP contribution >= 0.6 is 0 Å². The van der Waals surface area contributed by atoms with Gasteiger partial charge in [0.25, 0.3) is 5.91 Å². The second-order valence-electron chi connectivity index (χ2n) is 6.86. The number of para-hydroxylation sites is 4. The van der Waals surface area contributed by atoms with E-state index in [1.54, 1.807) is 30.5 Å². The molecular weight excluding hydrogens is 422 g/mol. The van der Waals surface area contributed by atoms with Gasteiger partial charge in [-0.2, -0.15) is 5.10 Å². The van der Waals surface area contributed by atoms with Gasteiger partial charge in [-0.3, -0.25) is 4.79 Å². The number of amides is 1. The zero-order valence-corrected chi connectivity index (χ0v) is 17.8. The smallest absolute Gasteiger partial charge is 0.363 e. The van der Waals surface area contributed by atoms with Crippen molar-refractivity contribution < 1.29 is 23.8 Å². The molecular formula is C25H21N3O5. The summed E-state index contributed by atoms with van der Waals surface area (Å²) in [5, 5.41) is 6.94. The van der Waals surface area contributed by atoms with E-state index in [0.717, 1.165) is 5.69 Å². The van der Waals surface area contributed by atoms with Crippen LogP contribution in [0.1, 0.15) is 10.5 Å². The van der Waals surface area contributed by atoms with Gasteiger partial charge >= 0.3 is 5.97 Å². The molecule has 4 aromatic rings. The molecule has 0 aliphatic heterocycles. The highest BCUT2D eigenvalue weighted by molar-refractivity contribution is 5.96. The van der Waals surface area contributed by atoms with E-state index in [1.165, 1.54) is 11.8 Å². The minimum atomic E-state index is -0.773. The predicted octanol–water partition coefficient (Wildman–Crippen LogP) is 4.47. The van der Waals surface area contributed by atoms with E-state index in [9.17, 15) is 9.59 Å². The number of carbonyl (C=O) groups excluding carboxylic acids is 2. The standard InChI is InChI=1S/C25H21N3O5/c1-31-22-16-28(18-10-4-2-5-11-18)27-24(22)25(30)32-17-23(29)26-20-14-8-9-15-21(20)33-19-12-6-3-7-13-19/h2-16H,17H2,1H3,(H,26,29). The molecule has 0 atom stereocenters. The number of esters is 1. The third-order valence-corrected chi connectivity index (χ3v) is 4.58. The zero-order valence-electron chi connectivity index (χ0n) is 17.8. The molecule has 3 aromatic carbocycles. The zero-order chi connectivity index (χ0) is 23.0. The molecule has 0 fully saturated rings. The number of methoxy groups -OCH3 is 1. The van der Waals surface area contributed by atoms with E-state index in [1.807, 2.05) is 60.7 Å². The molecule has 0 unspecified atom stereocenters. The lowest BCUT2D eigenvalue weighted by molar-refractivity contribution is -0.119. The number of hydrogen-bond acceptors (Lipinski definition) is 6. The Morgan fingerprint density at radius 3 is 2.27 bits per heavy atom. The number of ether oxygens (including phenoxy) is 3. The summed E-state index contributed by atoms with van der Waals surface area (Å²) in [7, 11) is 1.43. The fourth-order valence-corrected chi connectivity index (χ4v) is 3.02. The summed E-state index contributed by atoms with van der Waals surface area (Å²) in [4.78, 5) is 25.0. The van der Waals surface area contributed by atoms with Crippen LogP contribution in [0.15, 0.2) is 91.1 Å². The van der Waals surface area contributed by atoms with Crippen molar-refractivity contribution in [3.05, 3.63) is 96.8 Å². The Hall–Kier alpha value is -4.59. The van der Waals surface area contributed by atoms with Gasteiger partial charge in [-0.25, -0.2) is 9.48 Å². The normalized spacial score (nSPS) is 10.3. The Morgan fingerprint density at radius 1 is 0.879 bits per heavy atom. The lowest BCUT2D eigenvalue weighted by Crippen LogP contribution is -2.21. The number of aromatic nitrogens is 2. The van der Waals surface area contributed by atoms with E-state index in [-0.39, 0.29) is 11.4 Å². The monoisotopic (exact) mass is 443 g/mol. The van der Waals surface area contributed by atoms with Gasteiger partial charge in [-0.1, -0.05) is 48.5 Å². The molecule has 8 heteroatoms. The van der Waals surface area contributed by atoms with Crippen molar-refractivity contribution in [3.63, 3.8) is 0 Å². The molecule has 0 radical (unpaired) electrons. The first-order valence-corrected chi connectivity index (χ1v) is 10.1. The summed E-state index contributed by atoms with van der Waals surface area (Å²) in [6.07, 6.45) is 1.57. The van der Waals surface area contributed by atoms with Crippen molar-refractivity contribution >= 4 is 17.6 Å². The topological polar surface area (TPSA) is 91.7 Å².